The van der Waals surface area contributed by atoms with Gasteiger partial charge in [-0.15, -0.1) is 5.54 Å². The van der Waals surface area contributed by atoms with E-state index in [-0.39, 0.29) is 65.1 Å². The van der Waals surface area contributed by atoms with Crippen LogP contribution in [0.1, 0.15) is 135 Å². The third-order valence-corrected chi connectivity index (χ3v) is 27.1. The van der Waals surface area contributed by atoms with Crippen molar-refractivity contribution < 1.29 is 42.5 Å². The summed E-state index contributed by atoms with van der Waals surface area (Å²) in [6, 6.07) is 14.8. The lowest BCUT2D eigenvalue weighted by molar-refractivity contribution is -0.120. The maximum absolute atomic E-state index is 18.0. The van der Waals surface area contributed by atoms with E-state index in [0.717, 1.165) is 71.4 Å². The fourth-order valence-corrected chi connectivity index (χ4v) is 20.7. The Balaban J connectivity index is 0.753. The van der Waals surface area contributed by atoms with E-state index in [0.29, 0.717) is 111 Å². The highest BCUT2D eigenvalue weighted by atomic mass is 35.5. The number of piperazine rings is 1. The SMILES string of the molecule is COCOc1cc(-c2ccc3c(N4CCC[C@@](C)(O)C4)nc(OCC4(CN5CCN(CC6CCC7(CC6)CCN(C(=O)c6ccc(Cl)c(N8CCC(=O)NC8=O)c6)CC7)CC5)CC4)nc3c2F)c2c(C#C[Si](C(C)C)(C(C)C)C(C)C)c(F)ccc2c1. The molecule has 1 atom stereocenters. The highest BCUT2D eigenvalue weighted by Crippen LogP contribution is 2.49. The van der Waals surface area contributed by atoms with Gasteiger partial charge in [0.05, 0.1) is 28.5 Å². The monoisotopic (exact) mass is 1230 g/mol. The lowest BCUT2D eigenvalue weighted by Crippen LogP contribution is -2.50. The van der Waals surface area contributed by atoms with Crippen LogP contribution in [0.3, 0.4) is 0 Å². The van der Waals surface area contributed by atoms with Gasteiger partial charge in [-0.25, -0.2) is 13.6 Å². The Morgan fingerprint density at radius 1 is 0.828 bits per heavy atom. The van der Waals surface area contributed by atoms with Crippen LogP contribution in [0.25, 0.3) is 32.8 Å². The van der Waals surface area contributed by atoms with Gasteiger partial charge < -0.3 is 38.9 Å². The van der Waals surface area contributed by atoms with Crippen molar-refractivity contribution in [3.05, 3.63) is 82.4 Å². The van der Waals surface area contributed by atoms with Crippen molar-refractivity contribution in [3.63, 3.8) is 0 Å². The van der Waals surface area contributed by atoms with Crippen molar-refractivity contribution in [1.82, 2.24) is 30.0 Å². The Labute approximate surface area is 517 Å². The molecule has 4 amide bonds. The maximum atomic E-state index is 18.0. The average Bonchev–Trinajstić information content (AvgIpc) is 1.25. The molecule has 4 aliphatic heterocycles. The minimum Gasteiger partial charge on any atom is -0.468 e. The van der Waals surface area contributed by atoms with Crippen LogP contribution in [-0.4, -0.2) is 154 Å². The number of nitrogens with zero attached hydrogens (tertiary/aromatic N) is 7. The molecule has 2 aliphatic carbocycles. The molecule has 19 heteroatoms. The van der Waals surface area contributed by atoms with Gasteiger partial charge in [0.1, 0.15) is 31.0 Å². The Hall–Kier alpha value is -5.94. The van der Waals surface area contributed by atoms with E-state index in [1.807, 2.05) is 28.9 Å². The number of carbonyl (C=O) groups is 3. The van der Waals surface area contributed by atoms with Gasteiger partial charge in [0.25, 0.3) is 5.91 Å². The van der Waals surface area contributed by atoms with E-state index in [4.69, 9.17) is 35.8 Å². The van der Waals surface area contributed by atoms with Gasteiger partial charge in [-0.2, -0.15) is 9.97 Å². The fourth-order valence-electron chi connectivity index (χ4n) is 15.3. The van der Waals surface area contributed by atoms with E-state index in [1.54, 1.807) is 36.4 Å². The zero-order chi connectivity index (χ0) is 61.6. The van der Waals surface area contributed by atoms with Gasteiger partial charge >= 0.3 is 12.0 Å². The number of urea groups is 1. The Bertz CT molecular complexity index is 3450. The molecule has 2 N–H and O–H groups in total. The summed E-state index contributed by atoms with van der Waals surface area (Å²) in [5.74, 6) is 3.52. The lowest BCUT2D eigenvalue weighted by Gasteiger charge is -2.47. The molecule has 15 nitrogen and oxygen atoms in total. The number of aromatic nitrogens is 2. The Morgan fingerprint density at radius 3 is 2.21 bits per heavy atom. The standard InChI is InChI=1S/C68H87ClF2N8O7Si/c1-44(2)87(45(3)4,46(5)6)35-19-52-56(70)15-11-48-36-50(86-43-84-8)38-54(59(48)52)51-12-13-53-61(60(51)71)73-64(74-62(53)78-27-9-20-66(7,83)40-78)85-42-68(23-24-68)41-76-33-31-75(32-34-76)39-47-16-21-67(22-17-47)25-29-77(30-26-67)63(81)49-10-14-55(69)57(37-49)79-28-18-58(80)72-65(79)82/h10-15,36-38,44-47,83H,9,16-18,20-34,39-43H2,1-8H3,(H,72,80,82)/t66-/m1/s1. The van der Waals surface area contributed by atoms with Crippen molar-refractivity contribution in [1.29, 1.82) is 0 Å². The number of ether oxygens (including phenoxy) is 3. The molecule has 4 aromatic carbocycles. The molecule has 0 unspecified atom stereocenters. The number of amides is 4. The van der Waals surface area contributed by atoms with Crippen LogP contribution in [0, 0.1) is 39.8 Å². The Morgan fingerprint density at radius 2 is 1.54 bits per heavy atom. The number of imide groups is 1. The molecule has 6 fully saturated rings. The second-order valence-corrected chi connectivity index (χ2v) is 33.4. The summed E-state index contributed by atoms with van der Waals surface area (Å²) in [5, 5.41) is 15.7. The van der Waals surface area contributed by atoms with E-state index in [2.05, 4.69) is 68.1 Å². The molecule has 466 valence electrons. The van der Waals surface area contributed by atoms with E-state index in [1.165, 1.54) is 43.8 Å². The van der Waals surface area contributed by atoms with Gasteiger partial charge in [0.2, 0.25) is 5.91 Å². The number of rotatable bonds is 17. The number of methoxy groups -OCH3 is 1. The van der Waals surface area contributed by atoms with Crippen molar-refractivity contribution in [3.8, 4) is 34.4 Å². The minimum atomic E-state index is -2.32. The molecular weight excluding hydrogens is 1140 g/mol. The zero-order valence-electron chi connectivity index (χ0n) is 52.1. The first kappa shape index (κ1) is 62.7. The highest BCUT2D eigenvalue weighted by molar-refractivity contribution is 6.90. The molecule has 6 aliphatic rings. The summed E-state index contributed by atoms with van der Waals surface area (Å²) in [7, 11) is -0.779. The van der Waals surface area contributed by atoms with Crippen LogP contribution < -0.4 is 24.6 Å². The predicted octanol–water partition coefficient (Wildman–Crippen LogP) is 12.6. The summed E-state index contributed by atoms with van der Waals surface area (Å²) in [6.07, 6.45) is 10.3. The number of halogens is 3. The van der Waals surface area contributed by atoms with E-state index >= 15 is 8.78 Å². The quantitative estimate of drug-likeness (QED) is 0.0518. The second kappa shape index (κ2) is 25.5. The number of hydrogen-bond donors (Lipinski definition) is 2. The van der Waals surface area contributed by atoms with Gasteiger partial charge in [-0.05, 0) is 153 Å². The molecule has 5 aromatic rings. The number of hydrogen-bond acceptors (Lipinski definition) is 12. The summed E-state index contributed by atoms with van der Waals surface area (Å²) < 4.78 is 52.5. The molecule has 1 aromatic heterocycles. The number of anilines is 2. The van der Waals surface area contributed by atoms with Crippen molar-refractivity contribution in [2.45, 2.75) is 141 Å². The average molecular weight is 1230 g/mol. The van der Waals surface area contributed by atoms with Crippen LogP contribution in [-0.2, 0) is 9.53 Å². The first-order valence-electron chi connectivity index (χ1n) is 31.8. The summed E-state index contributed by atoms with van der Waals surface area (Å²) in [6.45, 7) is 24.0. The van der Waals surface area contributed by atoms with Gasteiger partial charge in [0, 0.05) is 113 Å². The number of carbonyl (C=O) groups excluding carboxylic acids is 3. The fraction of sp³-hybridized carbons (Fsp3) is 0.574. The number of likely N-dealkylation sites (tertiary alicyclic amines) is 1. The van der Waals surface area contributed by atoms with Crippen LogP contribution in [0.15, 0.2) is 54.6 Å². The number of aliphatic hydroxyl groups is 1. The van der Waals surface area contributed by atoms with E-state index < -0.39 is 31.3 Å². The summed E-state index contributed by atoms with van der Waals surface area (Å²) in [4.78, 5) is 58.6. The number of piperidine rings is 2. The minimum absolute atomic E-state index is 0.0382. The number of fused-ring (bicyclic) bond motifs is 2. The Kier molecular flexibility index (Phi) is 18.4. The molecule has 11 rings (SSSR count). The van der Waals surface area contributed by atoms with Crippen LogP contribution >= 0.6 is 11.6 Å². The largest absolute Gasteiger partial charge is 0.468 e. The lowest BCUT2D eigenvalue weighted by atomic mass is 9.65. The van der Waals surface area contributed by atoms with Crippen LogP contribution in [0.2, 0.25) is 21.6 Å². The van der Waals surface area contributed by atoms with Gasteiger partial charge in [-0.3, -0.25) is 19.8 Å². The first-order valence-corrected chi connectivity index (χ1v) is 34.4. The smallest absolute Gasteiger partial charge is 0.328 e. The predicted molar refractivity (Wildman–Crippen MR) is 341 cm³/mol. The van der Waals surface area contributed by atoms with E-state index in [9.17, 15) is 19.5 Å². The molecule has 87 heavy (non-hydrogen) atoms. The third kappa shape index (κ3) is 13.2. The molecule has 4 saturated heterocycles. The van der Waals surface area contributed by atoms with Crippen molar-refractivity contribution in [2.75, 3.05) is 102 Å². The summed E-state index contributed by atoms with van der Waals surface area (Å²) in [5.41, 5.74) is 5.74. The molecular formula is C68H87ClF2N8O7Si. The molecule has 0 bridgehead atoms. The number of β-amino-alcohol motifs (C(OH)–C–C–N with tert-alkyl or cyclic N) is 1. The zero-order valence-corrected chi connectivity index (χ0v) is 53.9. The number of nitrogens with one attached hydrogen (secondary N) is 1. The molecule has 0 radical (unpaired) electrons. The highest BCUT2D eigenvalue weighted by Gasteiger charge is 2.47. The van der Waals surface area contributed by atoms with Gasteiger partial charge in [-0.1, -0.05) is 71.2 Å². The summed E-state index contributed by atoms with van der Waals surface area (Å²) >= 11 is 6.49. The van der Waals surface area contributed by atoms with Crippen molar-refractivity contribution >= 4 is 70.7 Å². The first-order chi connectivity index (χ1) is 41.6. The number of benzene rings is 4. The van der Waals surface area contributed by atoms with Crippen LogP contribution in [0.5, 0.6) is 11.8 Å². The van der Waals surface area contributed by atoms with Crippen LogP contribution in [0.4, 0.5) is 25.1 Å². The van der Waals surface area contributed by atoms with Crippen molar-refractivity contribution in [2.24, 2.45) is 16.7 Å². The van der Waals surface area contributed by atoms with Gasteiger partial charge in [0.15, 0.2) is 12.6 Å². The molecule has 5 heterocycles. The normalized spacial score (nSPS) is 21.3. The maximum Gasteiger partial charge on any atom is 0.328 e. The molecule has 1 spiro atoms. The third-order valence-electron chi connectivity index (χ3n) is 20.5. The topological polar surface area (TPSA) is 153 Å². The molecule has 2 saturated carbocycles. The second-order valence-electron chi connectivity index (χ2n) is 27.4.